The lowest BCUT2D eigenvalue weighted by atomic mass is 10.2. The number of carbonyl (C=O) groups excluding carboxylic acids is 1. The normalized spacial score (nSPS) is 21.5. The quantitative estimate of drug-likeness (QED) is 0.605. The number of anilines is 3. The van der Waals surface area contributed by atoms with E-state index in [0.717, 1.165) is 18.5 Å². The predicted molar refractivity (Wildman–Crippen MR) is 114 cm³/mol. The maximum atomic E-state index is 12.9. The van der Waals surface area contributed by atoms with E-state index in [2.05, 4.69) is 15.3 Å². The largest absolute Gasteiger partial charge is 0.431 e. The minimum absolute atomic E-state index is 0.176. The molecule has 3 fully saturated rings. The summed E-state index contributed by atoms with van der Waals surface area (Å²) in [7, 11) is 0. The molecular formula is C21H24N6O5. The maximum absolute atomic E-state index is 12.9. The number of amides is 1. The molecule has 0 aromatic carbocycles. The first-order valence-corrected chi connectivity index (χ1v) is 11.0. The van der Waals surface area contributed by atoms with E-state index in [9.17, 15) is 9.90 Å². The van der Waals surface area contributed by atoms with Gasteiger partial charge in [-0.25, -0.2) is 4.98 Å². The van der Waals surface area contributed by atoms with Crippen LogP contribution in [0, 0.1) is 0 Å². The van der Waals surface area contributed by atoms with Gasteiger partial charge in [-0.2, -0.15) is 9.97 Å². The van der Waals surface area contributed by atoms with Crippen LogP contribution in [-0.2, 0) is 4.74 Å². The van der Waals surface area contributed by atoms with E-state index in [4.69, 9.17) is 18.6 Å². The summed E-state index contributed by atoms with van der Waals surface area (Å²) >= 11 is 0. The molecule has 2 N–H and O–H groups in total. The van der Waals surface area contributed by atoms with Gasteiger partial charge in [0.2, 0.25) is 5.65 Å². The number of rotatable bonds is 5. The average Bonchev–Trinajstić information content (AvgIpc) is 3.19. The molecule has 1 amide bonds. The molecule has 1 saturated carbocycles. The van der Waals surface area contributed by atoms with Crippen molar-refractivity contribution in [1.29, 1.82) is 0 Å². The Morgan fingerprint density at radius 3 is 2.66 bits per heavy atom. The molecule has 1 atom stereocenters. The third-order valence-corrected chi connectivity index (χ3v) is 6.05. The van der Waals surface area contributed by atoms with Gasteiger partial charge in [0.15, 0.2) is 11.3 Å². The highest BCUT2D eigenvalue weighted by atomic mass is 16.5. The first-order valence-electron chi connectivity index (χ1n) is 11.0. The summed E-state index contributed by atoms with van der Waals surface area (Å²) in [5, 5.41) is 12.6. The second-order valence-electron chi connectivity index (χ2n) is 8.47. The number of morpholine rings is 1. The number of β-amino-alcohol motifs (C(OH)–C–C–N with tert-alkyl or cyclic N) is 1. The molecule has 3 aromatic heterocycles. The Bertz CT molecular complexity index is 1150. The highest BCUT2D eigenvalue weighted by molar-refractivity contribution is 6.04. The molecular weight excluding hydrogens is 416 g/mol. The smallest absolute Gasteiger partial charge is 0.300 e. The number of fused-ring (bicyclic) bond motifs is 1. The fourth-order valence-corrected chi connectivity index (χ4v) is 4.14. The zero-order valence-corrected chi connectivity index (χ0v) is 17.5. The van der Waals surface area contributed by atoms with Crippen molar-refractivity contribution in [2.75, 3.05) is 54.5 Å². The number of ether oxygens (including phenoxy) is 1. The fraction of sp³-hybridized carbons (Fsp3) is 0.524. The van der Waals surface area contributed by atoms with Crippen LogP contribution in [0.25, 0.3) is 11.2 Å². The molecule has 0 bridgehead atoms. The molecule has 3 aliphatic rings. The van der Waals surface area contributed by atoms with Gasteiger partial charge in [-0.05, 0) is 19.3 Å². The lowest BCUT2D eigenvalue weighted by molar-refractivity contribution is 0.102. The van der Waals surface area contributed by atoms with Gasteiger partial charge >= 0.3 is 0 Å². The molecule has 5 heterocycles. The van der Waals surface area contributed by atoms with Crippen molar-refractivity contribution in [3.05, 3.63) is 23.7 Å². The molecule has 6 rings (SSSR count). The molecule has 32 heavy (non-hydrogen) atoms. The van der Waals surface area contributed by atoms with Crippen molar-refractivity contribution >= 4 is 34.9 Å². The summed E-state index contributed by atoms with van der Waals surface area (Å²) < 4.78 is 16.8. The number of pyridine rings is 1. The summed E-state index contributed by atoms with van der Waals surface area (Å²) in [4.78, 5) is 30.3. The van der Waals surface area contributed by atoms with E-state index in [0.29, 0.717) is 80.7 Å². The van der Waals surface area contributed by atoms with Crippen molar-refractivity contribution in [2.45, 2.75) is 31.3 Å². The van der Waals surface area contributed by atoms with Crippen molar-refractivity contribution in [3.63, 3.8) is 0 Å². The zero-order chi connectivity index (χ0) is 21.7. The van der Waals surface area contributed by atoms with Gasteiger partial charge in [-0.1, -0.05) is 0 Å². The van der Waals surface area contributed by atoms with Crippen LogP contribution < -0.4 is 15.1 Å². The molecule has 0 spiro atoms. The van der Waals surface area contributed by atoms with E-state index < -0.39 is 6.10 Å². The highest BCUT2D eigenvalue weighted by Crippen LogP contribution is 2.43. The van der Waals surface area contributed by atoms with Crippen LogP contribution in [0.2, 0.25) is 0 Å². The average molecular weight is 440 g/mol. The van der Waals surface area contributed by atoms with Crippen molar-refractivity contribution in [2.24, 2.45) is 0 Å². The van der Waals surface area contributed by atoms with E-state index >= 15 is 0 Å². The number of aliphatic hydroxyl groups excluding tert-OH is 1. The SMILES string of the molecule is O=C(Nc1cc2oc(N3CCOCC3)nc2nc1C1CC1)c1coc(N2CCC(O)C2)n1. The Morgan fingerprint density at radius 2 is 1.91 bits per heavy atom. The van der Waals surface area contributed by atoms with Crippen LogP contribution in [-0.4, -0.2) is 71.5 Å². The van der Waals surface area contributed by atoms with Gasteiger partial charge in [-0.3, -0.25) is 4.79 Å². The monoisotopic (exact) mass is 440 g/mol. The van der Waals surface area contributed by atoms with Crippen LogP contribution >= 0.6 is 0 Å². The first-order chi connectivity index (χ1) is 15.6. The Kier molecular flexibility index (Phi) is 4.72. The van der Waals surface area contributed by atoms with Gasteiger partial charge < -0.3 is 33.8 Å². The van der Waals surface area contributed by atoms with Crippen molar-refractivity contribution < 1.29 is 23.5 Å². The fourth-order valence-electron chi connectivity index (χ4n) is 4.14. The third kappa shape index (κ3) is 3.67. The van der Waals surface area contributed by atoms with E-state index in [1.165, 1.54) is 6.26 Å². The molecule has 0 radical (unpaired) electrons. The number of carbonyl (C=O) groups is 1. The summed E-state index contributed by atoms with van der Waals surface area (Å²) in [6.45, 7) is 3.80. The summed E-state index contributed by atoms with van der Waals surface area (Å²) in [5.41, 5.74) is 2.67. The highest BCUT2D eigenvalue weighted by Gasteiger charge is 2.31. The predicted octanol–water partition coefficient (Wildman–Crippen LogP) is 1.75. The second-order valence-corrected chi connectivity index (χ2v) is 8.47. The molecule has 2 saturated heterocycles. The maximum Gasteiger partial charge on any atom is 0.300 e. The second kappa shape index (κ2) is 7.75. The number of hydrogen-bond acceptors (Lipinski definition) is 10. The Hall–Kier alpha value is -3.18. The summed E-state index contributed by atoms with van der Waals surface area (Å²) in [6, 6.07) is 2.66. The number of nitrogens with one attached hydrogen (secondary N) is 1. The van der Waals surface area contributed by atoms with Gasteiger partial charge in [0.05, 0.1) is 30.7 Å². The lowest BCUT2D eigenvalue weighted by Crippen LogP contribution is -2.36. The molecule has 1 aliphatic carbocycles. The van der Waals surface area contributed by atoms with E-state index in [-0.39, 0.29) is 11.6 Å². The topological polar surface area (TPSA) is 130 Å². The van der Waals surface area contributed by atoms with Gasteiger partial charge in [0.25, 0.3) is 17.9 Å². The number of aliphatic hydroxyl groups is 1. The molecule has 1 unspecified atom stereocenters. The van der Waals surface area contributed by atoms with Crippen LogP contribution in [0.15, 0.2) is 21.2 Å². The van der Waals surface area contributed by atoms with Crippen molar-refractivity contribution in [1.82, 2.24) is 15.0 Å². The van der Waals surface area contributed by atoms with Crippen LogP contribution in [0.5, 0.6) is 0 Å². The number of aromatic nitrogens is 3. The number of nitrogens with zero attached hydrogens (tertiary/aromatic N) is 5. The molecule has 11 nitrogen and oxygen atoms in total. The van der Waals surface area contributed by atoms with Gasteiger partial charge in [0.1, 0.15) is 6.26 Å². The Labute approximate surface area is 183 Å². The molecule has 2 aliphatic heterocycles. The minimum atomic E-state index is -0.401. The molecule has 168 valence electrons. The molecule has 11 heteroatoms. The lowest BCUT2D eigenvalue weighted by Gasteiger charge is -2.24. The Morgan fingerprint density at radius 1 is 1.06 bits per heavy atom. The first kappa shape index (κ1) is 19.5. The third-order valence-electron chi connectivity index (χ3n) is 6.05. The number of oxazole rings is 2. The zero-order valence-electron chi connectivity index (χ0n) is 17.5. The van der Waals surface area contributed by atoms with E-state index in [1.807, 2.05) is 9.80 Å². The van der Waals surface area contributed by atoms with Crippen molar-refractivity contribution in [3.8, 4) is 0 Å². The van der Waals surface area contributed by atoms with E-state index in [1.54, 1.807) is 6.07 Å². The van der Waals surface area contributed by atoms with Crippen LogP contribution in [0.4, 0.5) is 17.7 Å². The van der Waals surface area contributed by atoms with Crippen LogP contribution in [0.1, 0.15) is 41.4 Å². The van der Waals surface area contributed by atoms with Gasteiger partial charge in [-0.15, -0.1) is 0 Å². The summed E-state index contributed by atoms with van der Waals surface area (Å²) in [6.07, 6.45) is 3.65. The van der Waals surface area contributed by atoms with Crippen LogP contribution in [0.3, 0.4) is 0 Å². The standard InChI is InChI=1S/C21H24N6O5/c28-13-3-4-27(10-13)20-23-15(11-31-20)19(29)22-14-9-16-18(24-17(14)12-1-2-12)25-21(32-16)26-5-7-30-8-6-26/h9,11-13,28H,1-8,10H2,(H,22,29). The van der Waals surface area contributed by atoms with Gasteiger partial charge in [0, 0.05) is 38.2 Å². The summed E-state index contributed by atoms with van der Waals surface area (Å²) in [5.74, 6) is -0.0760. The molecule has 3 aromatic rings. The minimum Gasteiger partial charge on any atom is -0.431 e. The number of hydrogen-bond donors (Lipinski definition) is 2. The Balaban J connectivity index is 1.25.